The Morgan fingerprint density at radius 1 is 0.778 bits per heavy atom. The number of nitrogens with one attached hydrogen (secondary N) is 1. The van der Waals surface area contributed by atoms with Gasteiger partial charge < -0.3 is 5.32 Å². The lowest BCUT2D eigenvalue weighted by Gasteiger charge is -2.03. The van der Waals surface area contributed by atoms with Crippen LogP contribution < -0.4 is 5.32 Å². The van der Waals surface area contributed by atoms with Gasteiger partial charge in [0.2, 0.25) is 0 Å². The quantitative estimate of drug-likeness (QED) is 0.789. The summed E-state index contributed by atoms with van der Waals surface area (Å²) in [7, 11) is 0. The highest BCUT2D eigenvalue weighted by molar-refractivity contribution is 8.93. The molecule has 0 radical (unpaired) electrons. The van der Waals surface area contributed by atoms with E-state index in [1.807, 2.05) is 24.5 Å². The van der Waals surface area contributed by atoms with E-state index in [2.05, 4.69) is 27.4 Å². The zero-order valence-corrected chi connectivity index (χ0v) is 14.8. The molecule has 2 aromatic rings. The molecule has 6 heteroatoms. The Kier molecular flexibility index (Phi) is 13.1. The van der Waals surface area contributed by atoms with Gasteiger partial charge in [-0.3, -0.25) is 9.97 Å². The second kappa shape index (κ2) is 11.8. The molecule has 0 aliphatic carbocycles. The molecule has 100 valence electrons. The predicted octanol–water partition coefficient (Wildman–Crippen LogP) is 3.50. The van der Waals surface area contributed by atoms with Crippen molar-refractivity contribution in [1.82, 2.24) is 15.3 Å². The second-order valence-corrected chi connectivity index (χ2v) is 3.33. The first-order chi connectivity index (χ1) is 7.45. The minimum atomic E-state index is 0. The van der Waals surface area contributed by atoms with Gasteiger partial charge in [-0.25, -0.2) is 0 Å². The van der Waals surface area contributed by atoms with E-state index in [0.29, 0.717) is 0 Å². The molecular formula is C12H16Br3N3. The summed E-state index contributed by atoms with van der Waals surface area (Å²) in [6, 6.07) is 8.01. The van der Waals surface area contributed by atoms with Crippen molar-refractivity contribution in [1.29, 1.82) is 0 Å². The lowest BCUT2D eigenvalue weighted by Crippen LogP contribution is -2.12. The van der Waals surface area contributed by atoms with Gasteiger partial charge in [-0.05, 0) is 23.3 Å². The van der Waals surface area contributed by atoms with Crippen LogP contribution in [-0.2, 0) is 13.1 Å². The topological polar surface area (TPSA) is 37.8 Å². The van der Waals surface area contributed by atoms with Crippen LogP contribution >= 0.6 is 50.9 Å². The monoisotopic (exact) mass is 439 g/mol. The van der Waals surface area contributed by atoms with Gasteiger partial charge in [-0.15, -0.1) is 50.9 Å². The number of hydrogen-bond acceptors (Lipinski definition) is 3. The molecule has 0 atom stereocenters. The first-order valence-corrected chi connectivity index (χ1v) is 4.94. The molecule has 2 rings (SSSR count). The van der Waals surface area contributed by atoms with Crippen molar-refractivity contribution in [2.75, 3.05) is 0 Å². The normalized spacial score (nSPS) is 8.44. The fourth-order valence-corrected chi connectivity index (χ4v) is 1.36. The van der Waals surface area contributed by atoms with Crippen LogP contribution in [0.3, 0.4) is 0 Å². The maximum atomic E-state index is 4.06. The Labute approximate surface area is 139 Å². The maximum absolute atomic E-state index is 4.06. The number of halogens is 3. The molecule has 1 N–H and O–H groups in total. The number of pyridine rings is 2. The number of nitrogens with zero attached hydrogens (tertiary/aromatic N) is 2. The van der Waals surface area contributed by atoms with E-state index in [4.69, 9.17) is 0 Å². The van der Waals surface area contributed by atoms with Gasteiger partial charge in [0.05, 0.1) is 0 Å². The van der Waals surface area contributed by atoms with Crippen molar-refractivity contribution in [3.8, 4) is 0 Å². The molecule has 0 saturated carbocycles. The van der Waals surface area contributed by atoms with Gasteiger partial charge in [-0.2, -0.15) is 0 Å². The minimum absolute atomic E-state index is 0. The molecule has 0 aliphatic heterocycles. The van der Waals surface area contributed by atoms with Crippen LogP contribution in [0.15, 0.2) is 49.1 Å². The van der Waals surface area contributed by atoms with Crippen LogP contribution in [0.2, 0.25) is 0 Å². The largest absolute Gasteiger partial charge is 0.309 e. The van der Waals surface area contributed by atoms with Crippen LogP contribution in [0.4, 0.5) is 0 Å². The SMILES string of the molecule is Br.Br.Br.c1cncc(CNCc2cccnc2)c1. The average molecular weight is 442 g/mol. The molecule has 0 amide bonds. The van der Waals surface area contributed by atoms with Gasteiger partial charge >= 0.3 is 0 Å². The Morgan fingerprint density at radius 3 is 1.56 bits per heavy atom. The molecule has 0 fully saturated rings. The molecule has 0 bridgehead atoms. The fourth-order valence-electron chi connectivity index (χ4n) is 1.36. The van der Waals surface area contributed by atoms with Gasteiger partial charge in [0.15, 0.2) is 0 Å². The molecule has 0 spiro atoms. The van der Waals surface area contributed by atoms with Crippen LogP contribution in [-0.4, -0.2) is 9.97 Å². The third kappa shape index (κ3) is 7.20. The summed E-state index contributed by atoms with van der Waals surface area (Å²) >= 11 is 0. The van der Waals surface area contributed by atoms with E-state index in [0.717, 1.165) is 13.1 Å². The maximum Gasteiger partial charge on any atom is 0.0312 e. The van der Waals surface area contributed by atoms with Crippen molar-refractivity contribution >= 4 is 50.9 Å². The lowest BCUT2D eigenvalue weighted by atomic mass is 10.2. The summed E-state index contributed by atoms with van der Waals surface area (Å²) in [6.07, 6.45) is 7.31. The van der Waals surface area contributed by atoms with Crippen molar-refractivity contribution in [3.05, 3.63) is 60.2 Å². The Morgan fingerprint density at radius 2 is 1.22 bits per heavy atom. The number of hydrogen-bond donors (Lipinski definition) is 1. The van der Waals surface area contributed by atoms with Crippen LogP contribution in [0.5, 0.6) is 0 Å². The van der Waals surface area contributed by atoms with Crippen LogP contribution in [0.25, 0.3) is 0 Å². The van der Waals surface area contributed by atoms with E-state index >= 15 is 0 Å². The molecule has 2 heterocycles. The third-order valence-electron chi connectivity index (χ3n) is 2.10. The molecule has 3 nitrogen and oxygen atoms in total. The van der Waals surface area contributed by atoms with Gasteiger partial charge in [-0.1, -0.05) is 12.1 Å². The second-order valence-electron chi connectivity index (χ2n) is 3.33. The summed E-state index contributed by atoms with van der Waals surface area (Å²) in [6.45, 7) is 1.67. The van der Waals surface area contributed by atoms with Crippen molar-refractivity contribution in [3.63, 3.8) is 0 Å². The summed E-state index contributed by atoms with van der Waals surface area (Å²) in [5, 5.41) is 3.34. The van der Waals surface area contributed by atoms with E-state index < -0.39 is 0 Å². The highest BCUT2D eigenvalue weighted by Gasteiger charge is 1.93. The van der Waals surface area contributed by atoms with E-state index in [9.17, 15) is 0 Å². The Bertz CT molecular complexity index is 358. The summed E-state index contributed by atoms with van der Waals surface area (Å²) < 4.78 is 0. The fraction of sp³-hybridized carbons (Fsp3) is 0.167. The van der Waals surface area contributed by atoms with Gasteiger partial charge in [0, 0.05) is 37.9 Å². The number of rotatable bonds is 4. The van der Waals surface area contributed by atoms with Crippen molar-refractivity contribution < 1.29 is 0 Å². The zero-order chi connectivity index (χ0) is 10.3. The van der Waals surface area contributed by atoms with E-state index in [1.165, 1.54) is 11.1 Å². The van der Waals surface area contributed by atoms with Gasteiger partial charge in [0.25, 0.3) is 0 Å². The van der Waals surface area contributed by atoms with E-state index in [1.54, 1.807) is 12.4 Å². The Balaban J connectivity index is 0. The van der Waals surface area contributed by atoms with Crippen LogP contribution in [0.1, 0.15) is 11.1 Å². The predicted molar refractivity (Wildman–Crippen MR) is 90.0 cm³/mol. The number of aromatic nitrogens is 2. The third-order valence-corrected chi connectivity index (χ3v) is 2.10. The highest BCUT2D eigenvalue weighted by atomic mass is 79.9. The van der Waals surface area contributed by atoms with E-state index in [-0.39, 0.29) is 50.9 Å². The van der Waals surface area contributed by atoms with Crippen LogP contribution in [0, 0.1) is 0 Å². The first kappa shape index (κ1) is 20.0. The summed E-state index contributed by atoms with van der Waals surface area (Å²) in [4.78, 5) is 8.12. The highest BCUT2D eigenvalue weighted by Crippen LogP contribution is 1.97. The molecule has 0 saturated heterocycles. The molecule has 0 unspecified atom stereocenters. The standard InChI is InChI=1S/C12H13N3.3BrH/c1-3-11(7-13-5-1)9-15-10-12-4-2-6-14-8-12;;;/h1-8,15H,9-10H2;3*1H. The molecule has 2 aromatic heterocycles. The van der Waals surface area contributed by atoms with Crippen molar-refractivity contribution in [2.24, 2.45) is 0 Å². The van der Waals surface area contributed by atoms with Gasteiger partial charge in [0.1, 0.15) is 0 Å². The van der Waals surface area contributed by atoms with Crippen molar-refractivity contribution in [2.45, 2.75) is 13.1 Å². The smallest absolute Gasteiger partial charge is 0.0312 e. The minimum Gasteiger partial charge on any atom is -0.309 e. The zero-order valence-electron chi connectivity index (χ0n) is 9.65. The molecule has 0 aliphatic rings. The average Bonchev–Trinajstić information content (AvgIpc) is 2.32. The first-order valence-electron chi connectivity index (χ1n) is 4.94. The summed E-state index contributed by atoms with van der Waals surface area (Å²) in [5.41, 5.74) is 2.39. The molecule has 0 aromatic carbocycles. The molecular weight excluding hydrogens is 426 g/mol. The summed E-state index contributed by atoms with van der Waals surface area (Å²) in [5.74, 6) is 0. The Hall–Kier alpha value is -0.300. The lowest BCUT2D eigenvalue weighted by molar-refractivity contribution is 0.689. The molecule has 18 heavy (non-hydrogen) atoms.